The first-order valence-electron chi connectivity index (χ1n) is 6.38. The minimum Gasteiger partial charge on any atom is -0.444 e. The Morgan fingerprint density at radius 1 is 1.30 bits per heavy atom. The Bertz CT molecular complexity index is 462. The molecule has 6 heteroatoms. The lowest BCUT2D eigenvalue weighted by Gasteiger charge is -2.23. The van der Waals surface area contributed by atoms with E-state index in [-0.39, 0.29) is 18.5 Å². The van der Waals surface area contributed by atoms with Crippen LogP contribution in [0.4, 0.5) is 4.79 Å². The van der Waals surface area contributed by atoms with Crippen LogP contribution in [-0.2, 0) is 4.74 Å². The second kappa shape index (κ2) is 6.79. The van der Waals surface area contributed by atoms with Gasteiger partial charge in [0.1, 0.15) is 5.60 Å². The average molecular weight is 278 g/mol. The molecule has 0 aromatic heterocycles. The zero-order chi connectivity index (χ0) is 15.2. The summed E-state index contributed by atoms with van der Waals surface area (Å²) in [5.41, 5.74) is 11.0. The number of hydrogen-bond donors (Lipinski definition) is 3. The highest BCUT2D eigenvalue weighted by Gasteiger charge is 2.20. The summed E-state index contributed by atoms with van der Waals surface area (Å²) in [6.07, 6.45) is -0.503. The third kappa shape index (κ3) is 6.08. The molecule has 110 valence electrons. The quantitative estimate of drug-likeness (QED) is 0.574. The minimum absolute atomic E-state index is 0.0167. The molecule has 1 atom stereocenters. The van der Waals surface area contributed by atoms with Crippen molar-refractivity contribution in [2.24, 2.45) is 16.5 Å². The Labute approximate surface area is 119 Å². The van der Waals surface area contributed by atoms with Gasteiger partial charge in [0.25, 0.3) is 0 Å². The lowest BCUT2D eigenvalue weighted by Crippen LogP contribution is -2.36. The normalized spacial score (nSPS) is 12.3. The van der Waals surface area contributed by atoms with E-state index in [0.717, 1.165) is 5.56 Å². The van der Waals surface area contributed by atoms with E-state index in [9.17, 15) is 4.79 Å². The van der Waals surface area contributed by atoms with Gasteiger partial charge in [0.2, 0.25) is 0 Å². The highest BCUT2D eigenvalue weighted by molar-refractivity contribution is 5.75. The van der Waals surface area contributed by atoms with E-state index in [1.807, 2.05) is 30.3 Å². The molecule has 1 aromatic carbocycles. The number of aliphatic imine (C=N–C) groups is 1. The molecule has 0 aliphatic carbocycles. The SMILES string of the molecule is CC(C)(C)OC(=O)NC(CN=C(N)N)c1ccccc1. The topological polar surface area (TPSA) is 103 Å². The molecule has 0 heterocycles. The van der Waals surface area contributed by atoms with Gasteiger partial charge in [-0.25, -0.2) is 4.79 Å². The van der Waals surface area contributed by atoms with Gasteiger partial charge in [0.05, 0.1) is 12.6 Å². The third-order valence-corrected chi connectivity index (χ3v) is 2.35. The summed E-state index contributed by atoms with van der Waals surface area (Å²) in [6, 6.07) is 9.11. The first kappa shape index (κ1) is 15.8. The Morgan fingerprint density at radius 3 is 2.40 bits per heavy atom. The molecule has 0 radical (unpaired) electrons. The summed E-state index contributed by atoms with van der Waals surface area (Å²) in [5.74, 6) is -0.0167. The molecule has 0 bridgehead atoms. The number of nitrogens with two attached hydrogens (primary N) is 2. The van der Waals surface area contributed by atoms with Crippen molar-refractivity contribution in [1.29, 1.82) is 0 Å². The maximum absolute atomic E-state index is 11.8. The molecule has 5 N–H and O–H groups in total. The van der Waals surface area contributed by atoms with E-state index in [4.69, 9.17) is 16.2 Å². The zero-order valence-electron chi connectivity index (χ0n) is 12.1. The van der Waals surface area contributed by atoms with Crippen LogP contribution < -0.4 is 16.8 Å². The van der Waals surface area contributed by atoms with Crippen LogP contribution in [-0.4, -0.2) is 24.2 Å². The van der Waals surface area contributed by atoms with Gasteiger partial charge >= 0.3 is 6.09 Å². The van der Waals surface area contributed by atoms with Crippen molar-refractivity contribution >= 4 is 12.1 Å². The summed E-state index contributed by atoms with van der Waals surface area (Å²) in [7, 11) is 0. The van der Waals surface area contributed by atoms with Crippen molar-refractivity contribution in [2.45, 2.75) is 32.4 Å². The smallest absolute Gasteiger partial charge is 0.408 e. The Balaban J connectivity index is 2.78. The lowest BCUT2D eigenvalue weighted by atomic mass is 10.1. The molecule has 1 amide bonds. The highest BCUT2D eigenvalue weighted by atomic mass is 16.6. The molecule has 0 saturated carbocycles. The van der Waals surface area contributed by atoms with Gasteiger partial charge < -0.3 is 21.5 Å². The van der Waals surface area contributed by atoms with Gasteiger partial charge in [-0.2, -0.15) is 0 Å². The van der Waals surface area contributed by atoms with Gasteiger partial charge in [-0.05, 0) is 26.3 Å². The third-order valence-electron chi connectivity index (χ3n) is 2.35. The number of hydrogen-bond acceptors (Lipinski definition) is 3. The number of carbonyl (C=O) groups is 1. The summed E-state index contributed by atoms with van der Waals surface area (Å²) in [4.78, 5) is 15.8. The molecule has 6 nitrogen and oxygen atoms in total. The first-order chi connectivity index (χ1) is 9.28. The number of benzene rings is 1. The van der Waals surface area contributed by atoms with Gasteiger partial charge in [0, 0.05) is 0 Å². The van der Waals surface area contributed by atoms with Crippen LogP contribution in [0.15, 0.2) is 35.3 Å². The molecule has 0 spiro atoms. The second-order valence-corrected chi connectivity index (χ2v) is 5.38. The maximum Gasteiger partial charge on any atom is 0.408 e. The van der Waals surface area contributed by atoms with Crippen LogP contribution in [0.25, 0.3) is 0 Å². The maximum atomic E-state index is 11.8. The molecule has 1 unspecified atom stereocenters. The number of ether oxygens (including phenoxy) is 1. The largest absolute Gasteiger partial charge is 0.444 e. The Kier molecular flexibility index (Phi) is 5.37. The number of carbonyl (C=O) groups excluding carboxylic acids is 1. The molecule has 0 saturated heterocycles. The van der Waals surface area contributed by atoms with Crippen LogP contribution >= 0.6 is 0 Å². The average Bonchev–Trinajstić information content (AvgIpc) is 2.33. The summed E-state index contributed by atoms with van der Waals surface area (Å²) < 4.78 is 5.24. The van der Waals surface area contributed by atoms with Crippen molar-refractivity contribution in [3.8, 4) is 0 Å². The van der Waals surface area contributed by atoms with Crippen LogP contribution in [0.5, 0.6) is 0 Å². The molecule has 1 aromatic rings. The number of nitrogens with zero attached hydrogens (tertiary/aromatic N) is 1. The molecular formula is C14H22N4O2. The van der Waals surface area contributed by atoms with E-state index in [1.54, 1.807) is 20.8 Å². The first-order valence-corrected chi connectivity index (χ1v) is 6.38. The van der Waals surface area contributed by atoms with Gasteiger partial charge in [-0.1, -0.05) is 30.3 Å². The number of alkyl carbamates (subject to hydrolysis) is 1. The van der Waals surface area contributed by atoms with Crippen molar-refractivity contribution in [3.63, 3.8) is 0 Å². The lowest BCUT2D eigenvalue weighted by molar-refractivity contribution is 0.0505. The van der Waals surface area contributed by atoms with Gasteiger partial charge in [-0.15, -0.1) is 0 Å². The van der Waals surface area contributed by atoms with Crippen molar-refractivity contribution in [2.75, 3.05) is 6.54 Å². The van der Waals surface area contributed by atoms with Crippen LogP contribution in [0.1, 0.15) is 32.4 Å². The Morgan fingerprint density at radius 2 is 1.90 bits per heavy atom. The van der Waals surface area contributed by atoms with Crippen molar-refractivity contribution in [1.82, 2.24) is 5.32 Å². The molecular weight excluding hydrogens is 256 g/mol. The van der Waals surface area contributed by atoms with Crippen molar-refractivity contribution in [3.05, 3.63) is 35.9 Å². The molecule has 0 aliphatic heterocycles. The Hall–Kier alpha value is -2.24. The van der Waals surface area contributed by atoms with E-state index in [0.29, 0.717) is 0 Å². The molecule has 0 aliphatic rings. The van der Waals surface area contributed by atoms with Gasteiger partial charge in [-0.3, -0.25) is 4.99 Å². The molecule has 1 rings (SSSR count). The second-order valence-electron chi connectivity index (χ2n) is 5.38. The summed E-state index contributed by atoms with van der Waals surface area (Å²) in [5, 5.41) is 2.77. The molecule has 0 fully saturated rings. The fourth-order valence-electron chi connectivity index (χ4n) is 1.57. The predicted molar refractivity (Wildman–Crippen MR) is 79.2 cm³/mol. The number of guanidine groups is 1. The minimum atomic E-state index is -0.554. The monoisotopic (exact) mass is 278 g/mol. The van der Waals surface area contributed by atoms with Crippen LogP contribution in [0.3, 0.4) is 0 Å². The predicted octanol–water partition coefficient (Wildman–Crippen LogP) is 1.53. The van der Waals surface area contributed by atoms with E-state index in [1.165, 1.54) is 0 Å². The van der Waals surface area contributed by atoms with E-state index >= 15 is 0 Å². The zero-order valence-corrected chi connectivity index (χ0v) is 12.1. The fraction of sp³-hybridized carbons (Fsp3) is 0.429. The number of nitrogens with one attached hydrogen (secondary N) is 1. The summed E-state index contributed by atoms with van der Waals surface area (Å²) >= 11 is 0. The standard InChI is InChI=1S/C14H22N4O2/c1-14(2,3)20-13(19)18-11(9-17-12(15)16)10-7-5-4-6-8-10/h4-8,11H,9H2,1-3H3,(H,18,19)(H4,15,16,17). The summed E-state index contributed by atoms with van der Waals surface area (Å²) in [6.45, 7) is 5.67. The van der Waals surface area contributed by atoms with Crippen LogP contribution in [0.2, 0.25) is 0 Å². The molecule has 20 heavy (non-hydrogen) atoms. The highest BCUT2D eigenvalue weighted by Crippen LogP contribution is 2.14. The van der Waals surface area contributed by atoms with E-state index < -0.39 is 11.7 Å². The van der Waals surface area contributed by atoms with Crippen molar-refractivity contribution < 1.29 is 9.53 Å². The fourth-order valence-corrected chi connectivity index (χ4v) is 1.57. The number of rotatable bonds is 4. The number of amides is 1. The van der Waals surface area contributed by atoms with Gasteiger partial charge in [0.15, 0.2) is 5.96 Å². The van der Waals surface area contributed by atoms with Crippen LogP contribution in [0, 0.1) is 0 Å². The van der Waals surface area contributed by atoms with E-state index in [2.05, 4.69) is 10.3 Å².